The Labute approximate surface area is 168 Å². The zero-order valence-corrected chi connectivity index (χ0v) is 16.7. The summed E-state index contributed by atoms with van der Waals surface area (Å²) in [5.74, 6) is -1.96. The number of rotatable bonds is 6. The van der Waals surface area contributed by atoms with Gasteiger partial charge in [-0.15, -0.1) is 0 Å². The molecule has 0 unspecified atom stereocenters. The van der Waals surface area contributed by atoms with Gasteiger partial charge in [-0.05, 0) is 44.7 Å². The Morgan fingerprint density at radius 2 is 1.52 bits per heavy atom. The van der Waals surface area contributed by atoms with E-state index in [2.05, 4.69) is 0 Å². The second kappa shape index (κ2) is 8.03. The molecule has 0 saturated carbocycles. The van der Waals surface area contributed by atoms with Crippen molar-refractivity contribution in [2.45, 2.75) is 39.2 Å². The lowest BCUT2D eigenvalue weighted by Crippen LogP contribution is -2.41. The van der Waals surface area contributed by atoms with Crippen LogP contribution in [-0.2, 0) is 19.1 Å². The molecule has 1 aliphatic heterocycles. The first kappa shape index (κ1) is 20.5. The summed E-state index contributed by atoms with van der Waals surface area (Å²) in [5.41, 5.74) is 0.299. The van der Waals surface area contributed by atoms with Crippen LogP contribution in [0.5, 0.6) is 0 Å². The van der Waals surface area contributed by atoms with Crippen molar-refractivity contribution < 1.29 is 28.7 Å². The van der Waals surface area contributed by atoms with Crippen LogP contribution in [0.15, 0.2) is 36.4 Å². The first-order chi connectivity index (χ1) is 13.7. The molecule has 0 radical (unpaired) electrons. The minimum atomic E-state index is -0.655. The number of imide groups is 1. The van der Waals surface area contributed by atoms with Gasteiger partial charge in [-0.3, -0.25) is 19.3 Å². The number of carbonyl (C=O) groups is 4. The van der Waals surface area contributed by atoms with E-state index < -0.39 is 24.1 Å². The van der Waals surface area contributed by atoms with Gasteiger partial charge in [0.15, 0.2) is 6.61 Å². The highest BCUT2D eigenvalue weighted by atomic mass is 16.6. The molecule has 0 aromatic heterocycles. The molecule has 0 atom stereocenters. The molecule has 0 spiro atoms. The summed E-state index contributed by atoms with van der Waals surface area (Å²) >= 11 is 0. The summed E-state index contributed by atoms with van der Waals surface area (Å²) in [6.07, 6.45) is 0.217. The molecule has 0 N–H and O–H groups in total. The first-order valence-corrected chi connectivity index (χ1v) is 9.43. The fourth-order valence-electron chi connectivity index (χ4n) is 3.25. The van der Waals surface area contributed by atoms with E-state index in [1.165, 1.54) is 0 Å². The number of carbonyl (C=O) groups excluding carboxylic acids is 4. The SMILES string of the molecule is CC(C)(C)OC(=O)COC(=O)CCCN1C(=O)c2cccc3cccc(c23)C1=O. The molecule has 0 fully saturated rings. The normalized spacial score (nSPS) is 13.6. The van der Waals surface area contributed by atoms with Crippen LogP contribution in [0.2, 0.25) is 0 Å². The number of esters is 2. The van der Waals surface area contributed by atoms with Gasteiger partial charge in [0, 0.05) is 29.5 Å². The van der Waals surface area contributed by atoms with E-state index in [0.29, 0.717) is 16.5 Å². The fourth-order valence-corrected chi connectivity index (χ4v) is 3.25. The third-order valence-electron chi connectivity index (χ3n) is 4.39. The maximum absolute atomic E-state index is 12.8. The highest BCUT2D eigenvalue weighted by molar-refractivity contribution is 6.25. The zero-order valence-electron chi connectivity index (χ0n) is 16.7. The number of nitrogens with zero attached hydrogens (tertiary/aromatic N) is 1. The smallest absolute Gasteiger partial charge is 0.344 e. The topological polar surface area (TPSA) is 90.0 Å². The molecule has 2 amide bonds. The van der Waals surface area contributed by atoms with Gasteiger partial charge in [-0.1, -0.05) is 24.3 Å². The molecule has 7 nitrogen and oxygen atoms in total. The van der Waals surface area contributed by atoms with E-state index in [4.69, 9.17) is 9.47 Å². The molecule has 2 aromatic rings. The standard InChI is InChI=1S/C22H23NO6/c1-22(2,3)29-18(25)13-28-17(24)11-6-12-23-20(26)15-9-4-7-14-8-5-10-16(19(14)15)21(23)27/h4-5,7-10H,6,11-13H2,1-3H3. The predicted molar refractivity (Wildman–Crippen MR) is 105 cm³/mol. The summed E-state index contributed by atoms with van der Waals surface area (Å²) in [4.78, 5) is 50.1. The third-order valence-corrected chi connectivity index (χ3v) is 4.39. The predicted octanol–water partition coefficient (Wildman–Crippen LogP) is 3.10. The molecule has 2 aromatic carbocycles. The van der Waals surface area contributed by atoms with Crippen LogP contribution in [0.4, 0.5) is 0 Å². The molecule has 7 heteroatoms. The number of benzene rings is 2. The average molecular weight is 397 g/mol. The van der Waals surface area contributed by atoms with Crippen molar-refractivity contribution in [3.8, 4) is 0 Å². The van der Waals surface area contributed by atoms with Crippen LogP contribution in [0, 0.1) is 0 Å². The van der Waals surface area contributed by atoms with E-state index in [1.54, 1.807) is 45.0 Å². The number of hydrogen-bond donors (Lipinski definition) is 0. The molecule has 29 heavy (non-hydrogen) atoms. The van der Waals surface area contributed by atoms with E-state index >= 15 is 0 Å². The quantitative estimate of drug-likeness (QED) is 0.550. The van der Waals surface area contributed by atoms with Crippen molar-refractivity contribution >= 4 is 34.5 Å². The lowest BCUT2D eigenvalue weighted by atomic mass is 9.94. The molecule has 1 aliphatic rings. The van der Waals surface area contributed by atoms with Crippen molar-refractivity contribution in [2.75, 3.05) is 13.2 Å². The number of amides is 2. The van der Waals surface area contributed by atoms with Gasteiger partial charge in [0.1, 0.15) is 5.60 Å². The largest absolute Gasteiger partial charge is 0.457 e. The molecule has 1 heterocycles. The lowest BCUT2D eigenvalue weighted by molar-refractivity contribution is -0.166. The van der Waals surface area contributed by atoms with Crippen LogP contribution in [0.25, 0.3) is 10.8 Å². The summed E-state index contributed by atoms with van der Waals surface area (Å²) in [6, 6.07) is 10.7. The average Bonchev–Trinajstić information content (AvgIpc) is 2.65. The Kier molecular flexibility index (Phi) is 5.68. The van der Waals surface area contributed by atoms with Crippen LogP contribution in [0.3, 0.4) is 0 Å². The minimum Gasteiger partial charge on any atom is -0.457 e. The van der Waals surface area contributed by atoms with E-state index in [1.807, 2.05) is 12.1 Å². The van der Waals surface area contributed by atoms with Crippen LogP contribution in [0.1, 0.15) is 54.3 Å². The van der Waals surface area contributed by atoms with Gasteiger partial charge in [0.05, 0.1) is 0 Å². The van der Waals surface area contributed by atoms with Gasteiger partial charge in [0.25, 0.3) is 11.8 Å². The van der Waals surface area contributed by atoms with Crippen molar-refractivity contribution in [1.82, 2.24) is 4.90 Å². The molecular weight excluding hydrogens is 374 g/mol. The molecule has 0 saturated heterocycles. The molecule has 0 bridgehead atoms. The summed E-state index contributed by atoms with van der Waals surface area (Å²) in [6.45, 7) is 4.78. The first-order valence-electron chi connectivity index (χ1n) is 9.43. The summed E-state index contributed by atoms with van der Waals surface area (Å²) < 4.78 is 9.96. The van der Waals surface area contributed by atoms with E-state index in [9.17, 15) is 19.2 Å². The van der Waals surface area contributed by atoms with Gasteiger partial charge in [-0.25, -0.2) is 4.79 Å². The Bertz CT molecular complexity index is 938. The number of hydrogen-bond acceptors (Lipinski definition) is 6. The molecule has 0 aliphatic carbocycles. The molecule has 152 valence electrons. The Hall–Kier alpha value is -3.22. The Morgan fingerprint density at radius 3 is 2.07 bits per heavy atom. The second-order valence-electron chi connectivity index (χ2n) is 7.82. The Morgan fingerprint density at radius 1 is 0.931 bits per heavy atom. The van der Waals surface area contributed by atoms with Crippen LogP contribution in [-0.4, -0.2) is 47.4 Å². The van der Waals surface area contributed by atoms with Crippen molar-refractivity contribution in [2.24, 2.45) is 0 Å². The van der Waals surface area contributed by atoms with Crippen LogP contribution < -0.4 is 0 Å². The zero-order chi connectivity index (χ0) is 21.2. The third kappa shape index (κ3) is 4.62. The van der Waals surface area contributed by atoms with Crippen molar-refractivity contribution in [1.29, 1.82) is 0 Å². The fraction of sp³-hybridized carbons (Fsp3) is 0.364. The van der Waals surface area contributed by atoms with E-state index in [-0.39, 0.29) is 31.2 Å². The Balaban J connectivity index is 1.57. The van der Waals surface area contributed by atoms with Crippen LogP contribution >= 0.6 is 0 Å². The molecular formula is C22H23NO6. The summed E-state index contributed by atoms with van der Waals surface area (Å²) in [5, 5.41) is 1.50. The van der Waals surface area contributed by atoms with Gasteiger partial charge in [0.2, 0.25) is 0 Å². The highest BCUT2D eigenvalue weighted by Crippen LogP contribution is 2.30. The van der Waals surface area contributed by atoms with Crippen molar-refractivity contribution in [3.05, 3.63) is 47.5 Å². The van der Waals surface area contributed by atoms with Gasteiger partial charge in [-0.2, -0.15) is 0 Å². The number of ether oxygens (including phenoxy) is 2. The molecule has 3 rings (SSSR count). The second-order valence-corrected chi connectivity index (χ2v) is 7.82. The maximum atomic E-state index is 12.8. The lowest BCUT2D eigenvalue weighted by Gasteiger charge is -2.27. The van der Waals surface area contributed by atoms with E-state index in [0.717, 1.165) is 10.3 Å². The minimum absolute atomic E-state index is 0.0221. The summed E-state index contributed by atoms with van der Waals surface area (Å²) in [7, 11) is 0. The highest BCUT2D eigenvalue weighted by Gasteiger charge is 2.32. The monoisotopic (exact) mass is 397 g/mol. The van der Waals surface area contributed by atoms with Gasteiger partial charge < -0.3 is 9.47 Å². The van der Waals surface area contributed by atoms with Gasteiger partial charge >= 0.3 is 11.9 Å². The maximum Gasteiger partial charge on any atom is 0.344 e. The van der Waals surface area contributed by atoms with Crippen molar-refractivity contribution in [3.63, 3.8) is 0 Å².